The first-order chi connectivity index (χ1) is 22.8. The van der Waals surface area contributed by atoms with Crippen molar-refractivity contribution in [1.29, 1.82) is 0 Å². The van der Waals surface area contributed by atoms with Crippen molar-refractivity contribution in [2.45, 2.75) is 13.1 Å². The standard InChI is InChI=1S/C38H46N6S2/c1(33-5-9-37(10-6-33)43-25-17-39-18-26-43)3-35-13-21-41(22-14-35)29-31-45-46-32-30-42-23-15-36(16-24-42)4-2-34-7-11-38(12-8-34)44-27-19-40-20-28-44/h1-16,21-24,39-40H,17-20,25-32H2/q+2. The molecule has 4 aromatic rings. The third-order valence-corrected chi connectivity index (χ3v) is 10.8. The van der Waals surface area contributed by atoms with Crippen LogP contribution in [0.2, 0.25) is 0 Å². The van der Waals surface area contributed by atoms with Crippen LogP contribution >= 0.6 is 21.6 Å². The number of piperazine rings is 2. The molecule has 0 spiro atoms. The summed E-state index contributed by atoms with van der Waals surface area (Å²) >= 11 is 0. The van der Waals surface area contributed by atoms with Crippen LogP contribution in [0.15, 0.2) is 97.6 Å². The minimum Gasteiger partial charge on any atom is -0.369 e. The number of hydrogen-bond acceptors (Lipinski definition) is 6. The Morgan fingerprint density at radius 3 is 1.15 bits per heavy atom. The van der Waals surface area contributed by atoms with Gasteiger partial charge in [-0.2, -0.15) is 0 Å². The van der Waals surface area contributed by atoms with E-state index in [9.17, 15) is 0 Å². The van der Waals surface area contributed by atoms with E-state index in [1.54, 1.807) is 0 Å². The Morgan fingerprint density at radius 1 is 0.478 bits per heavy atom. The van der Waals surface area contributed by atoms with Crippen molar-refractivity contribution in [1.82, 2.24) is 10.6 Å². The number of aromatic nitrogens is 2. The number of rotatable bonds is 13. The van der Waals surface area contributed by atoms with E-state index in [0.29, 0.717) is 0 Å². The first-order valence-corrected chi connectivity index (χ1v) is 19.0. The third kappa shape index (κ3) is 9.97. The van der Waals surface area contributed by atoms with E-state index in [2.05, 4.69) is 151 Å². The number of anilines is 2. The molecule has 46 heavy (non-hydrogen) atoms. The van der Waals surface area contributed by atoms with Crippen LogP contribution in [-0.2, 0) is 13.1 Å². The molecular formula is C38H46N6S2+2. The molecule has 0 aliphatic carbocycles. The summed E-state index contributed by atoms with van der Waals surface area (Å²) in [4.78, 5) is 4.89. The van der Waals surface area contributed by atoms with E-state index in [1.165, 1.54) is 33.6 Å². The van der Waals surface area contributed by atoms with Crippen LogP contribution in [-0.4, -0.2) is 63.9 Å². The zero-order valence-electron chi connectivity index (χ0n) is 26.6. The topological polar surface area (TPSA) is 38.3 Å². The van der Waals surface area contributed by atoms with Crippen LogP contribution in [0.25, 0.3) is 24.3 Å². The van der Waals surface area contributed by atoms with Crippen molar-refractivity contribution in [2.75, 3.05) is 73.7 Å². The Morgan fingerprint density at radius 2 is 0.804 bits per heavy atom. The number of aryl methyl sites for hydroxylation is 2. The Kier molecular flexibility index (Phi) is 12.2. The van der Waals surface area contributed by atoms with Gasteiger partial charge in [-0.3, -0.25) is 0 Å². The van der Waals surface area contributed by atoms with Gasteiger partial charge in [0.2, 0.25) is 0 Å². The van der Waals surface area contributed by atoms with Gasteiger partial charge in [-0.15, -0.1) is 0 Å². The Balaban J connectivity index is 0.856. The number of nitrogens with one attached hydrogen (secondary N) is 2. The minimum absolute atomic E-state index is 1.02. The molecule has 2 aromatic heterocycles. The maximum Gasteiger partial charge on any atom is 0.169 e. The summed E-state index contributed by atoms with van der Waals surface area (Å²) in [5.74, 6) is 2.18. The highest BCUT2D eigenvalue weighted by atomic mass is 33.1. The van der Waals surface area contributed by atoms with Gasteiger partial charge < -0.3 is 20.4 Å². The summed E-state index contributed by atoms with van der Waals surface area (Å²) in [6, 6.07) is 26.6. The monoisotopic (exact) mass is 650 g/mol. The van der Waals surface area contributed by atoms with Gasteiger partial charge in [-0.05, 0) is 46.5 Å². The number of pyridine rings is 2. The van der Waals surface area contributed by atoms with Gasteiger partial charge in [0.15, 0.2) is 37.9 Å². The van der Waals surface area contributed by atoms with Crippen LogP contribution in [0.5, 0.6) is 0 Å². The minimum atomic E-state index is 1.02. The van der Waals surface area contributed by atoms with Crippen LogP contribution in [0.1, 0.15) is 22.3 Å². The zero-order chi connectivity index (χ0) is 31.2. The molecule has 2 aliphatic rings. The van der Waals surface area contributed by atoms with E-state index in [-0.39, 0.29) is 0 Å². The van der Waals surface area contributed by atoms with E-state index in [0.717, 1.165) is 77.0 Å². The summed E-state index contributed by atoms with van der Waals surface area (Å²) in [7, 11) is 3.91. The summed E-state index contributed by atoms with van der Waals surface area (Å²) in [5.41, 5.74) is 7.55. The molecule has 2 saturated heterocycles. The second kappa shape index (κ2) is 17.4. The Labute approximate surface area is 282 Å². The van der Waals surface area contributed by atoms with Gasteiger partial charge in [0.1, 0.15) is 0 Å². The van der Waals surface area contributed by atoms with Gasteiger partial charge >= 0.3 is 0 Å². The highest BCUT2D eigenvalue weighted by Crippen LogP contribution is 2.21. The second-order valence-corrected chi connectivity index (χ2v) is 14.4. The van der Waals surface area contributed by atoms with E-state index < -0.39 is 0 Å². The Hall–Kier alpha value is -3.56. The molecule has 6 rings (SSSR count). The predicted octanol–water partition coefficient (Wildman–Crippen LogP) is 5.50. The van der Waals surface area contributed by atoms with Gasteiger partial charge in [-0.1, -0.05) is 70.2 Å². The van der Waals surface area contributed by atoms with Crippen LogP contribution in [0, 0.1) is 0 Å². The normalized spacial score (nSPS) is 15.7. The zero-order valence-corrected chi connectivity index (χ0v) is 28.3. The number of hydrogen-bond donors (Lipinski definition) is 2. The van der Waals surface area contributed by atoms with Crippen molar-refractivity contribution in [3.63, 3.8) is 0 Å². The van der Waals surface area contributed by atoms with E-state index in [4.69, 9.17) is 0 Å². The molecule has 0 atom stereocenters. The lowest BCUT2D eigenvalue weighted by Crippen LogP contribution is -2.43. The molecule has 2 fully saturated rings. The first kappa shape index (κ1) is 32.4. The van der Waals surface area contributed by atoms with Crippen LogP contribution < -0.4 is 29.6 Å². The van der Waals surface area contributed by atoms with Crippen molar-refractivity contribution < 1.29 is 9.13 Å². The van der Waals surface area contributed by atoms with E-state index >= 15 is 0 Å². The maximum absolute atomic E-state index is 3.42. The van der Waals surface area contributed by atoms with Crippen molar-refractivity contribution >= 4 is 57.3 Å². The van der Waals surface area contributed by atoms with Gasteiger partial charge in [0, 0.05) is 88.0 Å². The fourth-order valence-corrected chi connectivity index (χ4v) is 7.65. The van der Waals surface area contributed by atoms with Crippen LogP contribution in [0.4, 0.5) is 11.4 Å². The van der Waals surface area contributed by atoms with Crippen LogP contribution in [0.3, 0.4) is 0 Å². The molecule has 0 bridgehead atoms. The van der Waals surface area contributed by atoms with Crippen molar-refractivity contribution in [3.05, 3.63) is 120 Å². The SMILES string of the molecule is C(=Cc1cc[n+](CCSSCC[n+]2ccc(C=Cc3ccc(N4CCNCC4)cc3)cc2)cc1)c1ccc(N2CCNCC2)cc1. The molecule has 2 N–H and O–H groups in total. The summed E-state index contributed by atoms with van der Waals surface area (Å²) in [6.07, 6.45) is 17.5. The molecule has 8 heteroatoms. The predicted molar refractivity (Wildman–Crippen MR) is 199 cm³/mol. The van der Waals surface area contributed by atoms with Gasteiger partial charge in [0.25, 0.3) is 0 Å². The molecule has 4 heterocycles. The van der Waals surface area contributed by atoms with Gasteiger partial charge in [0.05, 0.1) is 11.5 Å². The first-order valence-electron chi connectivity index (χ1n) is 16.5. The van der Waals surface area contributed by atoms with Crippen molar-refractivity contribution in [3.8, 4) is 0 Å². The molecule has 2 aliphatic heterocycles. The van der Waals surface area contributed by atoms with E-state index in [1.807, 2.05) is 21.6 Å². The summed E-state index contributed by atoms with van der Waals surface area (Å²) < 4.78 is 4.55. The highest BCUT2D eigenvalue weighted by Gasteiger charge is 2.11. The number of benzene rings is 2. The second-order valence-electron chi connectivity index (χ2n) is 11.7. The lowest BCUT2D eigenvalue weighted by atomic mass is 10.1. The highest BCUT2D eigenvalue weighted by molar-refractivity contribution is 8.76. The third-order valence-electron chi connectivity index (χ3n) is 8.47. The molecular weight excluding hydrogens is 605 g/mol. The lowest BCUT2D eigenvalue weighted by Gasteiger charge is -2.29. The molecule has 0 amide bonds. The average molecular weight is 651 g/mol. The molecule has 6 nitrogen and oxygen atoms in total. The Bertz CT molecular complexity index is 1410. The summed E-state index contributed by atoms with van der Waals surface area (Å²) in [5, 5.41) is 6.83. The molecule has 238 valence electrons. The van der Waals surface area contributed by atoms with Crippen molar-refractivity contribution in [2.24, 2.45) is 0 Å². The largest absolute Gasteiger partial charge is 0.369 e. The average Bonchev–Trinajstić information content (AvgIpc) is 3.13. The fraction of sp³-hybridized carbons (Fsp3) is 0.316. The quantitative estimate of drug-likeness (QED) is 0.113. The molecule has 0 unspecified atom stereocenters. The summed E-state index contributed by atoms with van der Waals surface area (Å²) in [6.45, 7) is 10.6. The molecule has 0 radical (unpaired) electrons. The fourth-order valence-electron chi connectivity index (χ4n) is 5.68. The smallest absolute Gasteiger partial charge is 0.169 e. The number of nitrogens with zero attached hydrogens (tertiary/aromatic N) is 4. The molecule has 0 saturated carbocycles. The maximum atomic E-state index is 3.42. The van der Waals surface area contributed by atoms with Gasteiger partial charge in [-0.25, -0.2) is 9.13 Å². The lowest BCUT2D eigenvalue weighted by molar-refractivity contribution is -0.692. The molecule has 2 aromatic carbocycles.